The monoisotopic (exact) mass is 432 g/mol. The van der Waals surface area contributed by atoms with E-state index in [0.717, 1.165) is 42.8 Å². The molecule has 2 amide bonds. The molecule has 1 atom stereocenters. The van der Waals surface area contributed by atoms with Crippen molar-refractivity contribution >= 4 is 23.1 Å². The van der Waals surface area contributed by atoms with Crippen molar-refractivity contribution in [1.82, 2.24) is 4.90 Å². The van der Waals surface area contributed by atoms with Crippen LogP contribution in [0.1, 0.15) is 44.7 Å². The number of ether oxygens (including phenoxy) is 1. The van der Waals surface area contributed by atoms with Gasteiger partial charge < -0.3 is 9.64 Å². The molecule has 0 aliphatic carbocycles. The smallest absolute Gasteiger partial charge is 0.282 e. The lowest BCUT2D eigenvalue weighted by molar-refractivity contribution is -0.120. The third-order valence-electron chi connectivity index (χ3n) is 6.05. The second-order valence-electron chi connectivity index (χ2n) is 9.43. The number of piperidine rings is 1. The van der Waals surface area contributed by atoms with Crippen LogP contribution in [0.5, 0.6) is 5.75 Å². The minimum atomic E-state index is -0.261. The number of rotatable bonds is 6. The first-order valence-electron chi connectivity index (χ1n) is 11.5. The standard InChI is InChI=1S/C27H32N2O3/c1-18(2)17-32-23-13-11-22(12-14-23)29-26(30)24(21-9-7-19(3)8-10-21)25(27(29)31)28-15-5-6-20(4)16-28/h7-14,18,20H,5-6,15-17H2,1-4H3. The molecular formula is C27H32N2O3. The summed E-state index contributed by atoms with van der Waals surface area (Å²) < 4.78 is 5.76. The largest absolute Gasteiger partial charge is 0.493 e. The lowest BCUT2D eigenvalue weighted by atomic mass is 9.97. The maximum atomic E-state index is 13.6. The predicted octanol–water partition coefficient (Wildman–Crippen LogP) is 5.05. The Kier molecular flexibility index (Phi) is 6.35. The fourth-order valence-electron chi connectivity index (χ4n) is 4.37. The first kappa shape index (κ1) is 22.1. The van der Waals surface area contributed by atoms with Gasteiger partial charge in [0.05, 0.1) is 17.9 Å². The molecule has 0 aromatic heterocycles. The van der Waals surface area contributed by atoms with E-state index in [1.807, 2.05) is 43.3 Å². The highest BCUT2D eigenvalue weighted by atomic mass is 16.5. The number of hydrogen-bond acceptors (Lipinski definition) is 4. The number of aryl methyl sites for hydroxylation is 1. The first-order chi connectivity index (χ1) is 15.3. The van der Waals surface area contributed by atoms with Gasteiger partial charge in [0.25, 0.3) is 11.8 Å². The molecule has 2 aromatic rings. The van der Waals surface area contributed by atoms with Crippen LogP contribution >= 0.6 is 0 Å². The van der Waals surface area contributed by atoms with Crippen LogP contribution in [0.15, 0.2) is 54.2 Å². The van der Waals surface area contributed by atoms with E-state index in [0.29, 0.717) is 35.4 Å². The molecule has 0 N–H and O–H groups in total. The third kappa shape index (κ3) is 4.43. The number of imide groups is 1. The molecule has 0 bridgehead atoms. The van der Waals surface area contributed by atoms with Crippen LogP contribution in [0.3, 0.4) is 0 Å². The zero-order chi connectivity index (χ0) is 22.8. The molecule has 2 aliphatic rings. The predicted molar refractivity (Wildman–Crippen MR) is 127 cm³/mol. The summed E-state index contributed by atoms with van der Waals surface area (Å²) in [5, 5.41) is 0. The average Bonchev–Trinajstić information content (AvgIpc) is 3.03. The van der Waals surface area contributed by atoms with Gasteiger partial charge in [0.1, 0.15) is 11.4 Å². The summed E-state index contributed by atoms with van der Waals surface area (Å²) in [5.74, 6) is 1.15. The normalized spacial score (nSPS) is 19.3. The zero-order valence-corrected chi connectivity index (χ0v) is 19.4. The number of hydrogen-bond donors (Lipinski definition) is 0. The Labute approximate surface area is 190 Å². The number of likely N-dealkylation sites (tertiary alicyclic amines) is 1. The Morgan fingerprint density at radius 3 is 2.31 bits per heavy atom. The number of anilines is 1. The summed E-state index contributed by atoms with van der Waals surface area (Å²) >= 11 is 0. The molecular weight excluding hydrogens is 400 g/mol. The van der Waals surface area contributed by atoms with Crippen LogP contribution in [-0.2, 0) is 9.59 Å². The van der Waals surface area contributed by atoms with Crippen molar-refractivity contribution in [3.63, 3.8) is 0 Å². The molecule has 168 valence electrons. The summed E-state index contributed by atoms with van der Waals surface area (Å²) in [5.41, 5.74) is 3.52. The second kappa shape index (κ2) is 9.19. The van der Waals surface area contributed by atoms with Crippen LogP contribution in [-0.4, -0.2) is 36.4 Å². The quantitative estimate of drug-likeness (QED) is 0.600. The van der Waals surface area contributed by atoms with Crippen molar-refractivity contribution in [1.29, 1.82) is 0 Å². The average molecular weight is 433 g/mol. The number of carbonyl (C=O) groups excluding carboxylic acids is 2. The van der Waals surface area contributed by atoms with Gasteiger partial charge in [-0.3, -0.25) is 9.59 Å². The summed E-state index contributed by atoms with van der Waals surface area (Å²) in [6, 6.07) is 15.1. The van der Waals surface area contributed by atoms with E-state index in [-0.39, 0.29) is 11.8 Å². The van der Waals surface area contributed by atoms with Crippen LogP contribution in [0.4, 0.5) is 5.69 Å². The van der Waals surface area contributed by atoms with Crippen molar-refractivity contribution in [2.45, 2.75) is 40.5 Å². The van der Waals surface area contributed by atoms with E-state index in [4.69, 9.17) is 4.74 Å². The summed E-state index contributed by atoms with van der Waals surface area (Å²) in [6.07, 6.45) is 2.17. The summed E-state index contributed by atoms with van der Waals surface area (Å²) in [4.78, 5) is 30.7. The lowest BCUT2D eigenvalue weighted by Crippen LogP contribution is -2.39. The van der Waals surface area contributed by atoms with Crippen molar-refractivity contribution in [2.75, 3.05) is 24.6 Å². The first-order valence-corrected chi connectivity index (χ1v) is 11.5. The van der Waals surface area contributed by atoms with Crippen LogP contribution < -0.4 is 9.64 Å². The van der Waals surface area contributed by atoms with Gasteiger partial charge >= 0.3 is 0 Å². The number of benzene rings is 2. The molecule has 0 radical (unpaired) electrons. The summed E-state index contributed by atoms with van der Waals surface area (Å²) in [6.45, 7) is 10.6. The Morgan fingerprint density at radius 2 is 1.69 bits per heavy atom. The molecule has 0 saturated carbocycles. The lowest BCUT2D eigenvalue weighted by Gasteiger charge is -2.33. The van der Waals surface area contributed by atoms with Crippen molar-refractivity contribution in [3.8, 4) is 5.75 Å². The van der Waals surface area contributed by atoms with E-state index >= 15 is 0 Å². The van der Waals surface area contributed by atoms with E-state index in [9.17, 15) is 9.59 Å². The minimum Gasteiger partial charge on any atom is -0.493 e. The van der Waals surface area contributed by atoms with Gasteiger partial charge in [-0.05, 0) is 61.4 Å². The van der Waals surface area contributed by atoms with Crippen molar-refractivity contribution < 1.29 is 14.3 Å². The minimum absolute atomic E-state index is 0.240. The Hall–Kier alpha value is -3.08. The molecule has 2 aliphatic heterocycles. The molecule has 4 rings (SSSR count). The fourth-order valence-corrected chi connectivity index (χ4v) is 4.37. The molecule has 1 unspecified atom stereocenters. The second-order valence-corrected chi connectivity index (χ2v) is 9.43. The molecule has 2 aromatic carbocycles. The topological polar surface area (TPSA) is 49.9 Å². The third-order valence-corrected chi connectivity index (χ3v) is 6.05. The van der Waals surface area contributed by atoms with Gasteiger partial charge in [0, 0.05) is 13.1 Å². The molecule has 32 heavy (non-hydrogen) atoms. The van der Waals surface area contributed by atoms with E-state index in [1.165, 1.54) is 4.90 Å². The van der Waals surface area contributed by atoms with Gasteiger partial charge in [-0.1, -0.05) is 50.6 Å². The molecule has 5 heteroatoms. The van der Waals surface area contributed by atoms with E-state index in [2.05, 4.69) is 25.7 Å². The summed E-state index contributed by atoms with van der Waals surface area (Å²) in [7, 11) is 0. The van der Waals surface area contributed by atoms with Gasteiger partial charge in [-0.15, -0.1) is 0 Å². The maximum Gasteiger partial charge on any atom is 0.282 e. The van der Waals surface area contributed by atoms with Crippen molar-refractivity contribution in [3.05, 3.63) is 65.4 Å². The fraction of sp³-hybridized carbons (Fsp3) is 0.407. The van der Waals surface area contributed by atoms with Gasteiger partial charge in [0.15, 0.2) is 0 Å². The molecule has 1 saturated heterocycles. The highest BCUT2D eigenvalue weighted by molar-refractivity contribution is 6.45. The van der Waals surface area contributed by atoms with Crippen LogP contribution in [0, 0.1) is 18.8 Å². The number of carbonyl (C=O) groups is 2. The molecule has 5 nitrogen and oxygen atoms in total. The SMILES string of the molecule is Cc1ccc(C2=C(N3CCCC(C)C3)C(=O)N(c3ccc(OCC(C)C)cc3)C2=O)cc1. The Balaban J connectivity index is 1.69. The maximum absolute atomic E-state index is 13.6. The number of amides is 2. The van der Waals surface area contributed by atoms with Gasteiger partial charge in [-0.25, -0.2) is 4.90 Å². The molecule has 2 heterocycles. The van der Waals surface area contributed by atoms with E-state index < -0.39 is 0 Å². The molecule has 1 fully saturated rings. The highest BCUT2D eigenvalue weighted by Gasteiger charge is 2.43. The Morgan fingerprint density at radius 1 is 1.00 bits per heavy atom. The van der Waals surface area contributed by atoms with Crippen LogP contribution in [0.25, 0.3) is 5.57 Å². The van der Waals surface area contributed by atoms with Gasteiger partial charge in [-0.2, -0.15) is 0 Å². The van der Waals surface area contributed by atoms with Crippen LogP contribution in [0.2, 0.25) is 0 Å². The number of nitrogens with zero attached hydrogens (tertiary/aromatic N) is 2. The molecule has 0 spiro atoms. The van der Waals surface area contributed by atoms with E-state index in [1.54, 1.807) is 12.1 Å². The Bertz CT molecular complexity index is 1020. The highest BCUT2D eigenvalue weighted by Crippen LogP contribution is 2.37. The van der Waals surface area contributed by atoms with Gasteiger partial charge in [0.2, 0.25) is 0 Å². The van der Waals surface area contributed by atoms with Crippen molar-refractivity contribution in [2.24, 2.45) is 11.8 Å². The zero-order valence-electron chi connectivity index (χ0n) is 19.4.